The predicted octanol–water partition coefficient (Wildman–Crippen LogP) is 7.13. The molecule has 0 heterocycles. The molecule has 1 aromatic rings. The van der Waals surface area contributed by atoms with Crippen molar-refractivity contribution in [3.05, 3.63) is 47.5 Å². The maximum Gasteiger partial charge on any atom is 0.136 e. The van der Waals surface area contributed by atoms with Crippen LogP contribution in [-0.4, -0.2) is 11.9 Å². The number of hydrogen-bond donors (Lipinski definition) is 0. The van der Waals surface area contributed by atoms with Crippen LogP contribution in [0.1, 0.15) is 84.6 Å². The van der Waals surface area contributed by atoms with E-state index in [2.05, 4.69) is 57.2 Å². The fourth-order valence-electron chi connectivity index (χ4n) is 8.40. The molecule has 2 nitrogen and oxygen atoms in total. The van der Waals surface area contributed by atoms with Gasteiger partial charge in [0, 0.05) is 5.41 Å². The number of ether oxygens (including phenoxy) is 1. The largest absolute Gasteiger partial charge is 0.373 e. The normalized spacial score (nSPS) is 44.1. The molecule has 3 saturated carbocycles. The molecule has 0 radical (unpaired) electrons. The number of benzene rings is 1. The minimum atomic E-state index is -0.115. The summed E-state index contributed by atoms with van der Waals surface area (Å²) in [5.41, 5.74) is 3.36. The van der Waals surface area contributed by atoms with E-state index in [0.29, 0.717) is 23.2 Å². The number of Topliss-reactive ketones (excluding diaryl/α,β-unsaturated/α-hetero) is 1. The molecular formula is C29H40O2. The van der Waals surface area contributed by atoms with E-state index < -0.39 is 0 Å². The maximum atomic E-state index is 12.7. The van der Waals surface area contributed by atoms with Crippen LogP contribution >= 0.6 is 0 Å². The molecule has 5 rings (SSSR count). The summed E-state index contributed by atoms with van der Waals surface area (Å²) in [4.78, 5) is 12.7. The highest BCUT2D eigenvalue weighted by Crippen LogP contribution is 2.69. The number of ketones is 1. The Balaban J connectivity index is 1.32. The fourth-order valence-corrected chi connectivity index (χ4v) is 8.40. The van der Waals surface area contributed by atoms with Crippen molar-refractivity contribution in [1.82, 2.24) is 0 Å². The Kier molecular flexibility index (Phi) is 5.24. The Hall–Kier alpha value is -1.41. The van der Waals surface area contributed by atoms with E-state index in [0.717, 1.165) is 31.3 Å². The monoisotopic (exact) mass is 420 g/mol. The lowest BCUT2D eigenvalue weighted by Gasteiger charge is -2.59. The highest BCUT2D eigenvalue weighted by molar-refractivity contribution is 5.83. The van der Waals surface area contributed by atoms with Gasteiger partial charge >= 0.3 is 0 Å². The van der Waals surface area contributed by atoms with E-state index >= 15 is 0 Å². The quantitative estimate of drug-likeness (QED) is 0.484. The summed E-state index contributed by atoms with van der Waals surface area (Å²) < 4.78 is 6.36. The van der Waals surface area contributed by atoms with Crippen molar-refractivity contribution in [3.63, 3.8) is 0 Å². The summed E-state index contributed by atoms with van der Waals surface area (Å²) in [5.74, 6) is 2.68. The molecule has 3 unspecified atom stereocenters. The smallest absolute Gasteiger partial charge is 0.136 e. The fraction of sp³-hybridized carbons (Fsp3) is 0.690. The number of hydrogen-bond acceptors (Lipinski definition) is 2. The first-order valence-electron chi connectivity index (χ1n) is 12.6. The summed E-state index contributed by atoms with van der Waals surface area (Å²) in [6, 6.07) is 10.6. The molecule has 0 bridgehead atoms. The first kappa shape index (κ1) is 21.4. The van der Waals surface area contributed by atoms with Crippen molar-refractivity contribution < 1.29 is 9.53 Å². The minimum Gasteiger partial charge on any atom is -0.373 e. The average molecular weight is 421 g/mol. The van der Waals surface area contributed by atoms with Crippen LogP contribution in [0.3, 0.4) is 0 Å². The average Bonchev–Trinajstić information content (AvgIpc) is 3.05. The van der Waals surface area contributed by atoms with Crippen molar-refractivity contribution in [1.29, 1.82) is 0 Å². The van der Waals surface area contributed by atoms with Crippen LogP contribution in [0.5, 0.6) is 0 Å². The molecule has 31 heavy (non-hydrogen) atoms. The molecule has 7 atom stereocenters. The second-order valence-corrected chi connectivity index (χ2v) is 11.8. The third kappa shape index (κ3) is 3.19. The van der Waals surface area contributed by atoms with Crippen LogP contribution in [0.15, 0.2) is 42.0 Å². The molecule has 1 aromatic carbocycles. The number of carbonyl (C=O) groups is 1. The Bertz CT molecular complexity index is 872. The van der Waals surface area contributed by atoms with E-state index in [4.69, 9.17) is 4.74 Å². The molecule has 0 aromatic heterocycles. The Morgan fingerprint density at radius 3 is 2.48 bits per heavy atom. The highest BCUT2D eigenvalue weighted by atomic mass is 16.5. The molecule has 168 valence electrons. The molecule has 2 heteroatoms. The Morgan fingerprint density at radius 1 is 1.00 bits per heavy atom. The van der Waals surface area contributed by atoms with Gasteiger partial charge in [0.1, 0.15) is 5.78 Å². The summed E-state index contributed by atoms with van der Waals surface area (Å²) >= 11 is 0. The van der Waals surface area contributed by atoms with Crippen LogP contribution in [0, 0.1) is 34.0 Å². The van der Waals surface area contributed by atoms with Crippen LogP contribution in [0.25, 0.3) is 0 Å². The Labute approximate surface area is 188 Å². The molecule has 4 aliphatic rings. The molecule has 0 saturated heterocycles. The third-order valence-corrected chi connectivity index (χ3v) is 10.8. The lowest BCUT2D eigenvalue weighted by molar-refractivity contribution is -0.138. The number of fused-ring (bicyclic) bond motifs is 5. The van der Waals surface area contributed by atoms with Gasteiger partial charge < -0.3 is 4.74 Å². The van der Waals surface area contributed by atoms with E-state index in [1.54, 1.807) is 5.57 Å². The first-order chi connectivity index (χ1) is 14.8. The lowest BCUT2D eigenvalue weighted by atomic mass is 9.45. The van der Waals surface area contributed by atoms with Crippen LogP contribution in [0.4, 0.5) is 0 Å². The Morgan fingerprint density at radius 2 is 1.74 bits per heavy atom. The molecule has 3 fully saturated rings. The van der Waals surface area contributed by atoms with Gasteiger partial charge in [0.05, 0.1) is 12.7 Å². The molecule has 4 aliphatic carbocycles. The van der Waals surface area contributed by atoms with E-state index in [1.807, 2.05) is 6.92 Å². The molecule has 0 aliphatic heterocycles. The zero-order chi connectivity index (χ0) is 21.9. The number of carbonyl (C=O) groups excluding carboxylic acids is 1. The van der Waals surface area contributed by atoms with E-state index in [9.17, 15) is 4.79 Å². The van der Waals surface area contributed by atoms with Crippen molar-refractivity contribution in [2.75, 3.05) is 0 Å². The number of rotatable bonds is 4. The van der Waals surface area contributed by atoms with E-state index in [1.165, 1.54) is 44.1 Å². The third-order valence-electron chi connectivity index (χ3n) is 10.8. The van der Waals surface area contributed by atoms with Gasteiger partial charge in [0.25, 0.3) is 0 Å². The van der Waals surface area contributed by atoms with Crippen molar-refractivity contribution in [2.24, 2.45) is 34.0 Å². The molecule has 0 N–H and O–H groups in total. The highest BCUT2D eigenvalue weighted by Gasteiger charge is 2.63. The lowest BCUT2D eigenvalue weighted by Crippen LogP contribution is -2.53. The summed E-state index contributed by atoms with van der Waals surface area (Å²) in [6.45, 7) is 9.86. The van der Waals surface area contributed by atoms with Gasteiger partial charge in [0.2, 0.25) is 0 Å². The minimum absolute atomic E-state index is 0.115. The van der Waals surface area contributed by atoms with Gasteiger partial charge in [-0.05, 0) is 92.4 Å². The van der Waals surface area contributed by atoms with Crippen LogP contribution in [0.2, 0.25) is 0 Å². The zero-order valence-electron chi connectivity index (χ0n) is 20.0. The SMILES string of the molecule is CC(=O)[C@@]1(C)CCC2C3CC=C4C[C@@H](OCc5ccccc5)CC[C@]4(C)C3CC[C@@]21C. The predicted molar refractivity (Wildman–Crippen MR) is 126 cm³/mol. The van der Waals surface area contributed by atoms with Gasteiger partial charge in [0.15, 0.2) is 0 Å². The van der Waals surface area contributed by atoms with Gasteiger partial charge in [-0.2, -0.15) is 0 Å². The second kappa shape index (κ2) is 7.58. The molecule has 0 spiro atoms. The van der Waals surface area contributed by atoms with Crippen LogP contribution in [-0.2, 0) is 16.1 Å². The summed E-state index contributed by atoms with van der Waals surface area (Å²) in [7, 11) is 0. The van der Waals surface area contributed by atoms with Gasteiger partial charge in [-0.25, -0.2) is 0 Å². The van der Waals surface area contributed by atoms with Gasteiger partial charge in [-0.15, -0.1) is 0 Å². The molecule has 0 amide bonds. The first-order valence-corrected chi connectivity index (χ1v) is 12.6. The standard InChI is InChI=1S/C29H40O2/c1-20(30)28(3)16-14-26-24-11-10-22-18-23(31-19-21-8-6-5-7-9-21)12-15-27(22,2)25(24)13-17-29(26,28)4/h5-10,23-26H,11-19H2,1-4H3/t23-,24?,25?,26?,27-,28+,29-/m0/s1. The summed E-state index contributed by atoms with van der Waals surface area (Å²) in [5, 5.41) is 0. The van der Waals surface area contributed by atoms with Crippen molar-refractivity contribution >= 4 is 5.78 Å². The van der Waals surface area contributed by atoms with Gasteiger partial charge in [-0.3, -0.25) is 4.79 Å². The number of allylic oxidation sites excluding steroid dienone is 1. The van der Waals surface area contributed by atoms with Gasteiger partial charge in [-0.1, -0.05) is 62.8 Å². The maximum absolute atomic E-state index is 12.7. The molecular weight excluding hydrogens is 380 g/mol. The second-order valence-electron chi connectivity index (χ2n) is 11.8. The zero-order valence-corrected chi connectivity index (χ0v) is 20.0. The van der Waals surface area contributed by atoms with Crippen molar-refractivity contribution in [3.8, 4) is 0 Å². The topological polar surface area (TPSA) is 26.3 Å². The summed E-state index contributed by atoms with van der Waals surface area (Å²) in [6.07, 6.45) is 12.6. The van der Waals surface area contributed by atoms with Crippen molar-refractivity contribution in [2.45, 2.75) is 91.8 Å². The van der Waals surface area contributed by atoms with E-state index in [-0.39, 0.29) is 10.8 Å². The van der Waals surface area contributed by atoms with Crippen LogP contribution < -0.4 is 0 Å².